The Kier molecular flexibility index (Phi) is 3.23. The third-order valence-electron chi connectivity index (χ3n) is 3.08. The molecule has 0 saturated heterocycles. The van der Waals surface area contributed by atoms with Crippen LogP contribution >= 0.6 is 0 Å². The van der Waals surface area contributed by atoms with Gasteiger partial charge in [-0.15, -0.1) is 0 Å². The highest BCUT2D eigenvalue weighted by molar-refractivity contribution is 5.88. The molecule has 2 aromatic heterocycles. The van der Waals surface area contributed by atoms with Gasteiger partial charge in [-0.1, -0.05) is 35.5 Å². The highest BCUT2D eigenvalue weighted by Gasteiger charge is 2.16. The van der Waals surface area contributed by atoms with E-state index >= 15 is 0 Å². The quantitative estimate of drug-likeness (QED) is 0.780. The van der Waals surface area contributed by atoms with Crippen LogP contribution in [-0.2, 0) is 11.3 Å². The Bertz CT molecular complexity index is 852. The maximum absolute atomic E-state index is 12.4. The zero-order chi connectivity index (χ0) is 14.8. The topological polar surface area (TPSA) is 98.2 Å². The highest BCUT2D eigenvalue weighted by atomic mass is 16.5. The maximum atomic E-state index is 12.4. The van der Waals surface area contributed by atoms with Gasteiger partial charge in [-0.3, -0.25) is 14.2 Å². The van der Waals surface area contributed by atoms with Gasteiger partial charge in [0.25, 0.3) is 11.3 Å². The summed E-state index contributed by atoms with van der Waals surface area (Å²) in [5.74, 6) is -0.976. The van der Waals surface area contributed by atoms with Crippen LogP contribution in [0, 0.1) is 0 Å². The molecule has 1 N–H and O–H groups in total. The molecule has 0 radical (unpaired) electrons. The Morgan fingerprint density at radius 1 is 1.29 bits per heavy atom. The molecule has 106 valence electrons. The van der Waals surface area contributed by atoms with Crippen LogP contribution in [-0.4, -0.2) is 25.8 Å². The van der Waals surface area contributed by atoms with E-state index in [1.807, 2.05) is 30.3 Å². The highest BCUT2D eigenvalue weighted by Crippen LogP contribution is 2.23. The number of rotatable bonds is 4. The Morgan fingerprint density at radius 2 is 2.05 bits per heavy atom. The predicted octanol–water partition coefficient (Wildman–Crippen LogP) is 1.53. The van der Waals surface area contributed by atoms with Crippen molar-refractivity contribution in [1.29, 1.82) is 0 Å². The van der Waals surface area contributed by atoms with Gasteiger partial charge in [-0.25, -0.2) is 4.98 Å². The molecular formula is C14H11N3O4. The number of hydrogen-bond donors (Lipinski definition) is 1. The molecule has 0 aliphatic rings. The maximum Gasteiger partial charge on any atom is 0.305 e. The molecule has 0 bridgehead atoms. The van der Waals surface area contributed by atoms with Crippen LogP contribution in [0.1, 0.15) is 6.42 Å². The van der Waals surface area contributed by atoms with E-state index in [1.165, 1.54) is 10.9 Å². The Balaban J connectivity index is 2.14. The van der Waals surface area contributed by atoms with Crippen molar-refractivity contribution >= 4 is 17.1 Å². The lowest BCUT2D eigenvalue weighted by molar-refractivity contribution is -0.137. The van der Waals surface area contributed by atoms with Crippen molar-refractivity contribution in [3.8, 4) is 11.3 Å². The first-order valence-electron chi connectivity index (χ1n) is 6.29. The Morgan fingerprint density at radius 3 is 2.76 bits per heavy atom. The van der Waals surface area contributed by atoms with Crippen molar-refractivity contribution in [1.82, 2.24) is 14.7 Å². The molecule has 7 nitrogen and oxygen atoms in total. The number of fused-ring (bicyclic) bond motifs is 1. The number of carboxylic acid groups (broad SMARTS) is 1. The van der Waals surface area contributed by atoms with Gasteiger partial charge < -0.3 is 9.63 Å². The zero-order valence-corrected chi connectivity index (χ0v) is 10.9. The number of aromatic nitrogens is 3. The van der Waals surface area contributed by atoms with E-state index in [2.05, 4.69) is 10.1 Å². The van der Waals surface area contributed by atoms with Crippen LogP contribution in [0.2, 0.25) is 0 Å². The van der Waals surface area contributed by atoms with E-state index in [-0.39, 0.29) is 29.6 Å². The van der Waals surface area contributed by atoms with E-state index in [1.54, 1.807) is 0 Å². The minimum Gasteiger partial charge on any atom is -0.481 e. The lowest BCUT2D eigenvalue weighted by Gasteiger charge is -2.02. The van der Waals surface area contributed by atoms with Gasteiger partial charge in [0.15, 0.2) is 0 Å². The molecule has 0 fully saturated rings. The molecule has 0 saturated carbocycles. The summed E-state index contributed by atoms with van der Waals surface area (Å²) in [6.45, 7) is 0.0521. The second kappa shape index (κ2) is 5.20. The lowest BCUT2D eigenvalue weighted by atomic mass is 10.1. The fourth-order valence-corrected chi connectivity index (χ4v) is 2.05. The van der Waals surface area contributed by atoms with Gasteiger partial charge in [0.2, 0.25) is 0 Å². The number of benzene rings is 1. The van der Waals surface area contributed by atoms with Crippen LogP contribution in [0.5, 0.6) is 0 Å². The number of carbonyl (C=O) groups is 1. The summed E-state index contributed by atoms with van der Waals surface area (Å²) in [7, 11) is 0. The second-order valence-corrected chi connectivity index (χ2v) is 4.46. The predicted molar refractivity (Wildman–Crippen MR) is 73.8 cm³/mol. The molecule has 0 amide bonds. The molecule has 0 spiro atoms. The van der Waals surface area contributed by atoms with E-state index in [0.717, 1.165) is 5.56 Å². The third-order valence-corrected chi connectivity index (χ3v) is 3.08. The Hall–Kier alpha value is -2.96. The first kappa shape index (κ1) is 13.0. The van der Waals surface area contributed by atoms with Crippen molar-refractivity contribution in [3.05, 3.63) is 47.0 Å². The molecule has 7 heteroatoms. The average molecular weight is 285 g/mol. The summed E-state index contributed by atoms with van der Waals surface area (Å²) in [5.41, 5.74) is 0.936. The van der Waals surface area contributed by atoms with Crippen molar-refractivity contribution in [2.24, 2.45) is 0 Å². The Labute approximate surface area is 118 Å². The molecule has 1 aromatic carbocycles. The summed E-state index contributed by atoms with van der Waals surface area (Å²) >= 11 is 0. The number of aliphatic carboxylic acids is 1. The molecule has 2 heterocycles. The number of carboxylic acids is 1. The SMILES string of the molecule is O=C(O)CCn1cnc2onc(-c3ccccc3)c2c1=O. The van der Waals surface area contributed by atoms with Gasteiger partial charge in [0, 0.05) is 12.1 Å². The molecular weight excluding hydrogens is 274 g/mol. The standard InChI is InChI=1S/C14H11N3O4/c18-10(19)6-7-17-8-15-13-11(14(17)20)12(16-21-13)9-4-2-1-3-5-9/h1-5,8H,6-7H2,(H,18,19). The normalized spacial score (nSPS) is 10.9. The number of nitrogens with zero attached hydrogens (tertiary/aromatic N) is 3. The fraction of sp³-hybridized carbons (Fsp3) is 0.143. The van der Waals surface area contributed by atoms with Crippen molar-refractivity contribution in [2.45, 2.75) is 13.0 Å². The monoisotopic (exact) mass is 285 g/mol. The lowest BCUT2D eigenvalue weighted by Crippen LogP contribution is -2.21. The summed E-state index contributed by atoms with van der Waals surface area (Å²) < 4.78 is 6.32. The second-order valence-electron chi connectivity index (χ2n) is 4.46. The van der Waals surface area contributed by atoms with Crippen LogP contribution in [0.15, 0.2) is 46.0 Å². The molecule has 3 rings (SSSR count). The van der Waals surface area contributed by atoms with Crippen LogP contribution < -0.4 is 5.56 Å². The summed E-state index contributed by atoms with van der Waals surface area (Å²) in [5, 5.41) is 12.9. The molecule has 21 heavy (non-hydrogen) atoms. The van der Waals surface area contributed by atoms with E-state index in [9.17, 15) is 9.59 Å². The average Bonchev–Trinajstić information content (AvgIpc) is 2.92. The van der Waals surface area contributed by atoms with Gasteiger partial charge in [0.1, 0.15) is 17.4 Å². The van der Waals surface area contributed by atoms with Crippen molar-refractivity contribution in [3.63, 3.8) is 0 Å². The van der Waals surface area contributed by atoms with Gasteiger partial charge in [-0.05, 0) is 0 Å². The van der Waals surface area contributed by atoms with Gasteiger partial charge >= 0.3 is 5.97 Å². The number of aryl methyl sites for hydroxylation is 1. The minimum absolute atomic E-state index is 0.0521. The van der Waals surface area contributed by atoms with Gasteiger partial charge in [0.05, 0.1) is 6.42 Å². The van der Waals surface area contributed by atoms with Crippen LogP contribution in [0.4, 0.5) is 0 Å². The zero-order valence-electron chi connectivity index (χ0n) is 10.9. The third kappa shape index (κ3) is 2.40. The summed E-state index contributed by atoms with van der Waals surface area (Å²) in [6, 6.07) is 9.14. The molecule has 0 aliphatic heterocycles. The largest absolute Gasteiger partial charge is 0.481 e. The van der Waals surface area contributed by atoms with Gasteiger partial charge in [-0.2, -0.15) is 0 Å². The fourth-order valence-electron chi connectivity index (χ4n) is 2.05. The van der Waals surface area contributed by atoms with Crippen LogP contribution in [0.25, 0.3) is 22.4 Å². The van der Waals surface area contributed by atoms with E-state index < -0.39 is 5.97 Å². The molecule has 3 aromatic rings. The van der Waals surface area contributed by atoms with Crippen molar-refractivity contribution < 1.29 is 14.4 Å². The van der Waals surface area contributed by atoms with E-state index in [0.29, 0.717) is 5.69 Å². The molecule has 0 unspecified atom stereocenters. The molecule has 0 aliphatic carbocycles. The molecule has 0 atom stereocenters. The minimum atomic E-state index is -0.976. The van der Waals surface area contributed by atoms with E-state index in [4.69, 9.17) is 9.63 Å². The first-order valence-corrected chi connectivity index (χ1v) is 6.29. The van der Waals surface area contributed by atoms with Crippen LogP contribution in [0.3, 0.4) is 0 Å². The van der Waals surface area contributed by atoms with Crippen molar-refractivity contribution in [2.75, 3.05) is 0 Å². The first-order chi connectivity index (χ1) is 10.2. The summed E-state index contributed by atoms with van der Waals surface area (Å²) in [4.78, 5) is 27.1. The summed E-state index contributed by atoms with van der Waals surface area (Å²) in [6.07, 6.45) is 1.12. The number of hydrogen-bond acceptors (Lipinski definition) is 5. The smallest absolute Gasteiger partial charge is 0.305 e.